The Morgan fingerprint density at radius 2 is 1.71 bits per heavy atom. The fraction of sp³-hybridized carbons (Fsp3) is 0.259. The van der Waals surface area contributed by atoms with Gasteiger partial charge in [0, 0.05) is 11.6 Å². The molecule has 0 unspecified atom stereocenters. The summed E-state index contributed by atoms with van der Waals surface area (Å²) in [5.74, 6) is -0.868. The van der Waals surface area contributed by atoms with Gasteiger partial charge in [-0.2, -0.15) is 0 Å². The van der Waals surface area contributed by atoms with Crippen LogP contribution in [0.1, 0.15) is 58.4 Å². The number of nitrogens with one attached hydrogen (secondary N) is 1. The van der Waals surface area contributed by atoms with Crippen LogP contribution in [0.3, 0.4) is 0 Å². The summed E-state index contributed by atoms with van der Waals surface area (Å²) >= 11 is 0. The van der Waals surface area contributed by atoms with Crippen molar-refractivity contribution in [1.82, 2.24) is 5.32 Å². The van der Waals surface area contributed by atoms with Crippen molar-refractivity contribution < 1.29 is 18.2 Å². The maximum atomic E-state index is 13.6. The summed E-state index contributed by atoms with van der Waals surface area (Å²) < 4.78 is 27.0. The molecule has 34 heavy (non-hydrogen) atoms. The number of anilines is 1. The molecule has 0 bridgehead atoms. The largest absolute Gasteiger partial charge is 0.349 e. The second kappa shape index (κ2) is 9.50. The lowest BCUT2D eigenvalue weighted by Gasteiger charge is -2.25. The maximum Gasteiger partial charge on any atom is 0.259 e. The second-order valence-electron chi connectivity index (χ2n) is 8.77. The standard InChI is InChI=1S/C27H25FN2O3S/c28-20-13-10-18(11-14-20)17-30-23-16-19(26(31)29-21-6-2-1-3-7-21)12-15-25(23)34(33)24-9-5-4-8-22(24)27(30)32/h4-5,8-16,21H,1-3,6-7,17H2,(H,29,31)/t34-/m0/s1. The Hall–Kier alpha value is -3.32. The molecule has 1 heterocycles. The van der Waals surface area contributed by atoms with Gasteiger partial charge in [0.1, 0.15) is 5.82 Å². The highest BCUT2D eigenvalue weighted by atomic mass is 32.2. The molecule has 5 nitrogen and oxygen atoms in total. The van der Waals surface area contributed by atoms with Crippen molar-refractivity contribution in [2.45, 2.75) is 54.5 Å². The molecule has 0 aromatic heterocycles. The number of rotatable bonds is 4. The molecule has 1 aliphatic carbocycles. The minimum Gasteiger partial charge on any atom is -0.349 e. The van der Waals surface area contributed by atoms with Crippen LogP contribution < -0.4 is 10.2 Å². The first-order valence-corrected chi connectivity index (χ1v) is 12.7. The molecule has 2 aliphatic rings. The zero-order valence-corrected chi connectivity index (χ0v) is 19.4. The Kier molecular flexibility index (Phi) is 6.28. The summed E-state index contributed by atoms with van der Waals surface area (Å²) in [7, 11) is -1.59. The van der Waals surface area contributed by atoms with Crippen LogP contribution in [0.4, 0.5) is 10.1 Å². The van der Waals surface area contributed by atoms with Crippen LogP contribution in [0.15, 0.2) is 76.5 Å². The molecular formula is C27H25FN2O3S. The van der Waals surface area contributed by atoms with E-state index in [1.54, 1.807) is 54.6 Å². The highest BCUT2D eigenvalue weighted by Crippen LogP contribution is 2.36. The Morgan fingerprint density at radius 1 is 0.971 bits per heavy atom. The van der Waals surface area contributed by atoms with E-state index in [9.17, 15) is 18.2 Å². The number of amides is 2. The molecule has 0 spiro atoms. The molecule has 1 fully saturated rings. The molecule has 1 aliphatic heterocycles. The lowest BCUT2D eigenvalue weighted by molar-refractivity contribution is 0.0925. The van der Waals surface area contributed by atoms with Gasteiger partial charge in [0.2, 0.25) is 0 Å². The number of carbonyl (C=O) groups excluding carboxylic acids is 2. The molecule has 3 aromatic rings. The normalized spacial score (nSPS) is 18.1. The van der Waals surface area contributed by atoms with Crippen molar-refractivity contribution in [3.8, 4) is 0 Å². The summed E-state index contributed by atoms with van der Waals surface area (Å²) in [4.78, 5) is 29.1. The van der Waals surface area contributed by atoms with Crippen LogP contribution in [0.25, 0.3) is 0 Å². The highest BCUT2D eigenvalue weighted by Gasteiger charge is 2.31. The fourth-order valence-corrected chi connectivity index (χ4v) is 5.99. The smallest absolute Gasteiger partial charge is 0.259 e. The average Bonchev–Trinajstić information content (AvgIpc) is 2.95. The number of halogens is 1. The second-order valence-corrected chi connectivity index (χ2v) is 10.2. The van der Waals surface area contributed by atoms with Gasteiger partial charge in [-0.3, -0.25) is 9.59 Å². The first-order chi connectivity index (χ1) is 16.5. The number of nitrogens with zero attached hydrogens (tertiary/aromatic N) is 1. The van der Waals surface area contributed by atoms with Crippen molar-refractivity contribution in [1.29, 1.82) is 0 Å². The summed E-state index contributed by atoms with van der Waals surface area (Å²) in [5, 5.41) is 3.11. The number of carbonyl (C=O) groups is 2. The minimum absolute atomic E-state index is 0.149. The van der Waals surface area contributed by atoms with Gasteiger partial charge in [-0.15, -0.1) is 0 Å². The molecule has 1 atom stereocenters. The maximum absolute atomic E-state index is 13.6. The van der Waals surface area contributed by atoms with E-state index < -0.39 is 10.8 Å². The molecule has 1 saturated carbocycles. The minimum atomic E-state index is -1.59. The Balaban J connectivity index is 1.56. The van der Waals surface area contributed by atoms with Gasteiger partial charge in [-0.05, 0) is 60.9 Å². The lowest BCUT2D eigenvalue weighted by atomic mass is 9.95. The monoisotopic (exact) mass is 476 g/mol. The van der Waals surface area contributed by atoms with Gasteiger partial charge in [0.15, 0.2) is 0 Å². The van der Waals surface area contributed by atoms with E-state index in [1.807, 2.05) is 0 Å². The number of hydrogen-bond donors (Lipinski definition) is 1. The average molecular weight is 477 g/mol. The van der Waals surface area contributed by atoms with Crippen molar-refractivity contribution in [2.24, 2.45) is 0 Å². The Bertz CT molecular complexity index is 1270. The van der Waals surface area contributed by atoms with E-state index in [1.165, 1.54) is 23.5 Å². The third kappa shape index (κ3) is 4.40. The number of fused-ring (bicyclic) bond motifs is 2. The summed E-state index contributed by atoms with van der Waals surface area (Å²) in [6.07, 6.45) is 5.33. The van der Waals surface area contributed by atoms with Crippen molar-refractivity contribution in [3.05, 3.63) is 89.2 Å². The van der Waals surface area contributed by atoms with Crippen molar-refractivity contribution in [2.75, 3.05) is 4.90 Å². The molecular weight excluding hydrogens is 451 g/mol. The zero-order valence-electron chi connectivity index (χ0n) is 18.6. The molecule has 0 saturated heterocycles. The Labute approximate surface area is 200 Å². The van der Waals surface area contributed by atoms with Crippen LogP contribution in [-0.4, -0.2) is 22.1 Å². The molecule has 2 amide bonds. The third-order valence-corrected chi connectivity index (χ3v) is 7.97. The first kappa shape index (κ1) is 22.5. The molecule has 5 rings (SSSR count). The van der Waals surface area contributed by atoms with Gasteiger partial charge in [0.05, 0.1) is 38.4 Å². The van der Waals surface area contributed by atoms with E-state index in [4.69, 9.17) is 0 Å². The van der Waals surface area contributed by atoms with E-state index in [0.717, 1.165) is 31.2 Å². The van der Waals surface area contributed by atoms with Gasteiger partial charge in [0.25, 0.3) is 11.8 Å². The summed E-state index contributed by atoms with van der Waals surface area (Å²) in [6, 6.07) is 17.9. The quantitative estimate of drug-likeness (QED) is 0.562. The lowest BCUT2D eigenvalue weighted by Crippen LogP contribution is -2.36. The van der Waals surface area contributed by atoms with Gasteiger partial charge in [-0.25, -0.2) is 8.60 Å². The predicted octanol–water partition coefficient (Wildman–Crippen LogP) is 5.22. The Morgan fingerprint density at radius 3 is 2.47 bits per heavy atom. The number of hydrogen-bond acceptors (Lipinski definition) is 3. The van der Waals surface area contributed by atoms with Gasteiger partial charge >= 0.3 is 0 Å². The van der Waals surface area contributed by atoms with Gasteiger partial charge < -0.3 is 10.2 Å². The summed E-state index contributed by atoms with van der Waals surface area (Å²) in [6.45, 7) is 0.158. The molecule has 174 valence electrons. The van der Waals surface area contributed by atoms with Gasteiger partial charge in [-0.1, -0.05) is 43.5 Å². The van der Waals surface area contributed by atoms with E-state index in [2.05, 4.69) is 5.32 Å². The van der Waals surface area contributed by atoms with Crippen LogP contribution in [0, 0.1) is 5.82 Å². The predicted molar refractivity (Wildman–Crippen MR) is 129 cm³/mol. The third-order valence-electron chi connectivity index (χ3n) is 6.47. The van der Waals surface area contributed by atoms with Crippen molar-refractivity contribution in [3.63, 3.8) is 0 Å². The van der Waals surface area contributed by atoms with E-state index in [0.29, 0.717) is 26.6 Å². The topological polar surface area (TPSA) is 66.5 Å². The number of benzene rings is 3. The van der Waals surface area contributed by atoms with Crippen LogP contribution >= 0.6 is 0 Å². The fourth-order valence-electron chi connectivity index (χ4n) is 4.65. The van der Waals surface area contributed by atoms with E-state index >= 15 is 0 Å². The zero-order chi connectivity index (χ0) is 23.7. The summed E-state index contributed by atoms with van der Waals surface area (Å²) in [5.41, 5.74) is 1.93. The molecule has 0 radical (unpaired) electrons. The SMILES string of the molecule is O=C(NC1CCCCC1)c1ccc2c(c1)N(Cc1ccc(F)cc1)C(=O)c1ccccc1[S@@]2=O. The van der Waals surface area contributed by atoms with Crippen molar-refractivity contribution >= 4 is 28.3 Å². The highest BCUT2D eigenvalue weighted by molar-refractivity contribution is 7.85. The molecule has 1 N–H and O–H groups in total. The van der Waals surface area contributed by atoms with E-state index in [-0.39, 0.29) is 30.2 Å². The first-order valence-electron chi connectivity index (χ1n) is 11.5. The van der Waals surface area contributed by atoms with Crippen LogP contribution in [0.5, 0.6) is 0 Å². The molecule has 3 aromatic carbocycles. The van der Waals surface area contributed by atoms with Crippen LogP contribution in [-0.2, 0) is 17.3 Å². The van der Waals surface area contributed by atoms with Crippen LogP contribution in [0.2, 0.25) is 0 Å². The molecule has 7 heteroatoms.